The first kappa shape index (κ1) is 12.2. The molecule has 0 fully saturated rings. The van der Waals surface area contributed by atoms with Crippen molar-refractivity contribution >= 4 is 23.3 Å². The molecule has 8 nitrogen and oxygen atoms in total. The van der Waals surface area contributed by atoms with Crippen LogP contribution in [0.2, 0.25) is 0 Å². The van der Waals surface area contributed by atoms with Gasteiger partial charge in [-0.05, 0) is 17.6 Å². The highest BCUT2D eigenvalue weighted by atomic mass is 32.1. The predicted molar refractivity (Wildman–Crippen MR) is 62.0 cm³/mol. The van der Waals surface area contributed by atoms with E-state index < -0.39 is 5.03 Å². The Hall–Kier alpha value is -1.90. The number of hydrazine groups is 1. The molecule has 0 amide bonds. The molecule has 0 saturated carbocycles. The third kappa shape index (κ3) is 4.09. The summed E-state index contributed by atoms with van der Waals surface area (Å²) in [6, 6.07) is 1.88. The van der Waals surface area contributed by atoms with E-state index in [9.17, 15) is 10.1 Å². The third-order valence-corrected chi connectivity index (χ3v) is 2.29. The number of nitrogens with zero attached hydrogens (tertiary/aromatic N) is 4. The van der Waals surface area contributed by atoms with Crippen LogP contribution in [0.1, 0.15) is 0 Å². The van der Waals surface area contributed by atoms with Gasteiger partial charge in [-0.2, -0.15) is 4.37 Å². The van der Waals surface area contributed by atoms with Gasteiger partial charge in [0, 0.05) is 19.0 Å². The van der Waals surface area contributed by atoms with E-state index >= 15 is 0 Å². The minimum Gasteiger partial charge on any atom is -0.365 e. The summed E-state index contributed by atoms with van der Waals surface area (Å²) in [7, 11) is 1.86. The number of guanidine groups is 1. The number of nitrogens with two attached hydrogens (primary N) is 1. The lowest BCUT2D eigenvalue weighted by atomic mass is 10.5. The maximum Gasteiger partial charge on any atom is 0.251 e. The normalized spacial score (nSPS) is 11.2. The Morgan fingerprint density at radius 2 is 2.62 bits per heavy atom. The van der Waals surface area contributed by atoms with Gasteiger partial charge in [-0.3, -0.25) is 0 Å². The number of hydrogen-bond donors (Lipinski definition) is 2. The van der Waals surface area contributed by atoms with Crippen molar-refractivity contribution in [1.82, 2.24) is 9.80 Å². The van der Waals surface area contributed by atoms with Crippen molar-refractivity contribution in [3.8, 4) is 0 Å². The summed E-state index contributed by atoms with van der Waals surface area (Å²) in [4.78, 5) is 15.7. The molecule has 0 aromatic carbocycles. The van der Waals surface area contributed by atoms with Gasteiger partial charge in [-0.15, -0.1) is 0 Å². The van der Waals surface area contributed by atoms with E-state index in [1.807, 2.05) is 23.4 Å². The van der Waals surface area contributed by atoms with Crippen molar-refractivity contribution in [1.29, 1.82) is 0 Å². The summed E-state index contributed by atoms with van der Waals surface area (Å²) in [5.74, 6) is 0.651. The highest BCUT2D eigenvalue weighted by molar-refractivity contribution is 7.03. The van der Waals surface area contributed by atoms with Crippen molar-refractivity contribution in [2.45, 2.75) is 0 Å². The molecular weight excluding hydrogens is 232 g/mol. The third-order valence-electron chi connectivity index (χ3n) is 1.74. The Bertz CT molecular complexity index is 365. The van der Waals surface area contributed by atoms with Gasteiger partial charge < -0.3 is 10.6 Å². The van der Waals surface area contributed by atoms with Crippen LogP contribution in [0.5, 0.6) is 0 Å². The predicted octanol–water partition coefficient (Wildman–Crippen LogP) is -0.325. The molecule has 1 heterocycles. The SMILES string of the molecule is CN(CCN=C(N)N[N+](=O)[O-])c1ccsn1. The summed E-state index contributed by atoms with van der Waals surface area (Å²) in [5.41, 5.74) is 7.01. The van der Waals surface area contributed by atoms with Gasteiger partial charge >= 0.3 is 0 Å². The Kier molecular flexibility index (Phi) is 4.45. The van der Waals surface area contributed by atoms with Crippen LogP contribution in [0.15, 0.2) is 16.4 Å². The largest absolute Gasteiger partial charge is 0.365 e. The molecule has 1 aromatic heterocycles. The molecule has 88 valence electrons. The Labute approximate surface area is 96.1 Å². The minimum atomic E-state index is -0.747. The zero-order valence-electron chi connectivity index (χ0n) is 8.66. The van der Waals surface area contributed by atoms with Crippen molar-refractivity contribution in [2.24, 2.45) is 10.7 Å². The number of rotatable bonds is 5. The molecule has 1 rings (SSSR count). The van der Waals surface area contributed by atoms with Gasteiger partial charge in [0.1, 0.15) is 5.82 Å². The Morgan fingerprint density at radius 1 is 1.88 bits per heavy atom. The van der Waals surface area contributed by atoms with Crippen LogP contribution >= 0.6 is 11.5 Å². The number of hydrogen-bond acceptors (Lipinski definition) is 6. The lowest BCUT2D eigenvalue weighted by Gasteiger charge is -2.13. The highest BCUT2D eigenvalue weighted by Gasteiger charge is 2.02. The molecule has 0 unspecified atom stereocenters. The molecule has 16 heavy (non-hydrogen) atoms. The maximum absolute atomic E-state index is 10.0. The molecule has 0 spiro atoms. The van der Waals surface area contributed by atoms with Gasteiger partial charge in [-0.1, -0.05) is 5.43 Å². The molecule has 9 heteroatoms. The van der Waals surface area contributed by atoms with Crippen LogP contribution < -0.4 is 16.1 Å². The van der Waals surface area contributed by atoms with Crippen LogP contribution in [0.3, 0.4) is 0 Å². The maximum atomic E-state index is 10.0. The smallest absolute Gasteiger partial charge is 0.251 e. The topological polar surface area (TPSA) is 110 Å². The van der Waals surface area contributed by atoms with Crippen LogP contribution in [0.25, 0.3) is 0 Å². The second-order valence-corrected chi connectivity index (χ2v) is 3.58. The van der Waals surface area contributed by atoms with Crippen LogP contribution in [-0.2, 0) is 0 Å². The zero-order chi connectivity index (χ0) is 12.0. The van der Waals surface area contributed by atoms with Crippen molar-refractivity contribution in [2.75, 3.05) is 25.0 Å². The van der Waals surface area contributed by atoms with Crippen molar-refractivity contribution in [3.63, 3.8) is 0 Å². The fourth-order valence-electron chi connectivity index (χ4n) is 0.967. The van der Waals surface area contributed by atoms with E-state index in [0.29, 0.717) is 13.1 Å². The quantitative estimate of drug-likeness (QED) is 0.318. The van der Waals surface area contributed by atoms with Gasteiger partial charge in [-0.25, -0.2) is 15.1 Å². The Balaban J connectivity index is 2.32. The van der Waals surface area contributed by atoms with Crippen LogP contribution in [0.4, 0.5) is 5.82 Å². The molecule has 0 aliphatic rings. The van der Waals surface area contributed by atoms with Crippen LogP contribution in [0, 0.1) is 10.1 Å². The summed E-state index contributed by atoms with van der Waals surface area (Å²) >= 11 is 1.36. The van der Waals surface area contributed by atoms with Gasteiger partial charge in [0.25, 0.3) is 5.96 Å². The van der Waals surface area contributed by atoms with E-state index in [-0.39, 0.29) is 5.96 Å². The minimum absolute atomic E-state index is 0.198. The van der Waals surface area contributed by atoms with Gasteiger partial charge in [0.05, 0.1) is 6.54 Å². The van der Waals surface area contributed by atoms with E-state index in [4.69, 9.17) is 5.73 Å². The second-order valence-electron chi connectivity index (χ2n) is 2.92. The number of nitro groups is 1. The highest BCUT2D eigenvalue weighted by Crippen LogP contribution is 2.09. The second kappa shape index (κ2) is 5.85. The van der Waals surface area contributed by atoms with Gasteiger partial charge in [0.15, 0.2) is 5.03 Å². The molecular formula is C7H12N6O2S. The molecule has 0 atom stereocenters. The van der Waals surface area contributed by atoms with Crippen LogP contribution in [-0.4, -0.2) is 35.5 Å². The molecule has 0 radical (unpaired) electrons. The molecule has 3 N–H and O–H groups in total. The monoisotopic (exact) mass is 244 g/mol. The number of aromatic nitrogens is 1. The first-order valence-corrected chi connectivity index (χ1v) is 5.25. The van der Waals surface area contributed by atoms with E-state index in [2.05, 4.69) is 9.37 Å². The molecule has 0 bridgehead atoms. The molecule has 1 aromatic rings. The summed E-state index contributed by atoms with van der Waals surface area (Å²) in [5, 5.41) is 11.1. The van der Waals surface area contributed by atoms with E-state index in [1.165, 1.54) is 11.5 Å². The lowest BCUT2D eigenvalue weighted by molar-refractivity contribution is -0.525. The fourth-order valence-corrected chi connectivity index (χ4v) is 1.52. The lowest BCUT2D eigenvalue weighted by Crippen LogP contribution is -2.36. The first-order chi connectivity index (χ1) is 7.59. The van der Waals surface area contributed by atoms with E-state index in [0.717, 1.165) is 5.82 Å². The summed E-state index contributed by atoms with van der Waals surface area (Å²) < 4.78 is 4.13. The number of nitrogens with one attached hydrogen (secondary N) is 1. The average molecular weight is 244 g/mol. The Morgan fingerprint density at radius 3 is 3.19 bits per heavy atom. The molecule has 0 aliphatic carbocycles. The van der Waals surface area contributed by atoms with Crippen molar-refractivity contribution in [3.05, 3.63) is 21.6 Å². The summed E-state index contributed by atoms with van der Waals surface area (Å²) in [6.45, 7) is 0.949. The fraction of sp³-hybridized carbons (Fsp3) is 0.429. The summed E-state index contributed by atoms with van der Waals surface area (Å²) in [6.07, 6.45) is 0. The molecule has 0 saturated heterocycles. The van der Waals surface area contributed by atoms with Crippen molar-refractivity contribution < 1.29 is 5.03 Å². The standard InChI is InChI=1S/C7H12N6O2S/c1-12(6-2-5-16-11-6)4-3-9-7(8)10-13(14)15/h2,5H,3-4H2,1H3,(H3,8,9,10). The van der Waals surface area contributed by atoms with Gasteiger partial charge in [0.2, 0.25) is 0 Å². The van der Waals surface area contributed by atoms with E-state index in [1.54, 1.807) is 5.43 Å². The first-order valence-electron chi connectivity index (χ1n) is 4.42. The number of aliphatic imine (C=N–C) groups is 1. The zero-order valence-corrected chi connectivity index (χ0v) is 9.48. The average Bonchev–Trinajstić information content (AvgIpc) is 2.68. The number of anilines is 1. The molecule has 0 aliphatic heterocycles. The number of likely N-dealkylation sites (N-methyl/N-ethyl adjacent to an activating group) is 1.